The molecule has 1 fully saturated rings. The number of imide groups is 1. The number of ether oxygens (including phenoxy) is 1. The molecule has 0 radical (unpaired) electrons. The molecule has 1 aliphatic rings. The predicted octanol–water partition coefficient (Wildman–Crippen LogP) is 2.04. The van der Waals surface area contributed by atoms with Crippen molar-refractivity contribution in [2.24, 2.45) is 11.8 Å². The van der Waals surface area contributed by atoms with Crippen molar-refractivity contribution in [1.82, 2.24) is 4.90 Å². The van der Waals surface area contributed by atoms with Gasteiger partial charge in [0, 0.05) is 5.92 Å². The summed E-state index contributed by atoms with van der Waals surface area (Å²) in [6.07, 6.45) is 0.256. The Hall–Kier alpha value is -1.06. The van der Waals surface area contributed by atoms with Gasteiger partial charge in [0.25, 0.3) is 0 Å². The van der Waals surface area contributed by atoms with E-state index in [0.717, 1.165) is 6.42 Å². The smallest absolute Gasteiger partial charge is 0.416 e. The summed E-state index contributed by atoms with van der Waals surface area (Å²) in [5.74, 6) is 0.0139. The van der Waals surface area contributed by atoms with Crippen LogP contribution in [0.3, 0.4) is 0 Å². The monoisotopic (exact) mass is 213 g/mol. The van der Waals surface area contributed by atoms with Gasteiger partial charge in [0.1, 0.15) is 6.61 Å². The van der Waals surface area contributed by atoms with Gasteiger partial charge >= 0.3 is 6.09 Å². The molecule has 0 N–H and O–H groups in total. The van der Waals surface area contributed by atoms with Gasteiger partial charge in [-0.1, -0.05) is 27.7 Å². The number of nitrogens with zero attached hydrogens (tertiary/aromatic N) is 1. The first kappa shape index (κ1) is 12.0. The Morgan fingerprint density at radius 1 is 1.53 bits per heavy atom. The second kappa shape index (κ2) is 4.64. The maximum absolute atomic E-state index is 11.9. The molecule has 1 rings (SSSR count). The number of cyclic esters (lactones) is 1. The molecule has 2 unspecified atom stereocenters. The summed E-state index contributed by atoms with van der Waals surface area (Å²) >= 11 is 0. The second-order valence-electron chi connectivity index (χ2n) is 4.41. The van der Waals surface area contributed by atoms with E-state index >= 15 is 0 Å². The van der Waals surface area contributed by atoms with E-state index in [0.29, 0.717) is 6.61 Å². The third-order valence-electron chi connectivity index (χ3n) is 2.95. The average Bonchev–Trinajstić information content (AvgIpc) is 2.58. The SMILES string of the molecule is CCC(C)C(=O)N1C(=O)OCC1C(C)C. The Labute approximate surface area is 90.6 Å². The van der Waals surface area contributed by atoms with Gasteiger partial charge in [0.15, 0.2) is 0 Å². The van der Waals surface area contributed by atoms with Gasteiger partial charge in [-0.05, 0) is 12.3 Å². The van der Waals surface area contributed by atoms with Crippen LogP contribution < -0.4 is 0 Å². The highest BCUT2D eigenvalue weighted by molar-refractivity contribution is 5.94. The van der Waals surface area contributed by atoms with Crippen molar-refractivity contribution >= 4 is 12.0 Å². The Bertz CT molecular complexity index is 263. The van der Waals surface area contributed by atoms with Crippen molar-refractivity contribution in [3.05, 3.63) is 0 Å². The lowest BCUT2D eigenvalue weighted by molar-refractivity contribution is -0.133. The largest absolute Gasteiger partial charge is 0.447 e. The molecule has 1 aliphatic heterocycles. The van der Waals surface area contributed by atoms with E-state index in [1.807, 2.05) is 27.7 Å². The number of carbonyl (C=O) groups excluding carboxylic acids is 2. The van der Waals surface area contributed by atoms with Gasteiger partial charge in [0.2, 0.25) is 5.91 Å². The van der Waals surface area contributed by atoms with Crippen LogP contribution in [-0.4, -0.2) is 29.5 Å². The van der Waals surface area contributed by atoms with Crippen molar-refractivity contribution in [1.29, 1.82) is 0 Å². The van der Waals surface area contributed by atoms with Gasteiger partial charge in [0.05, 0.1) is 6.04 Å². The molecule has 0 aromatic carbocycles. The van der Waals surface area contributed by atoms with E-state index in [2.05, 4.69) is 0 Å². The van der Waals surface area contributed by atoms with Gasteiger partial charge in [-0.2, -0.15) is 0 Å². The molecule has 2 amide bonds. The zero-order chi connectivity index (χ0) is 11.6. The summed E-state index contributed by atoms with van der Waals surface area (Å²) < 4.78 is 4.92. The fourth-order valence-corrected chi connectivity index (χ4v) is 1.59. The van der Waals surface area contributed by atoms with Gasteiger partial charge in [-0.25, -0.2) is 9.69 Å². The number of amides is 2. The van der Waals surface area contributed by atoms with Crippen LogP contribution in [-0.2, 0) is 9.53 Å². The lowest BCUT2D eigenvalue weighted by atomic mass is 10.0. The lowest BCUT2D eigenvalue weighted by Gasteiger charge is -2.24. The van der Waals surface area contributed by atoms with E-state index < -0.39 is 6.09 Å². The maximum Gasteiger partial charge on any atom is 0.416 e. The van der Waals surface area contributed by atoms with E-state index in [1.54, 1.807) is 0 Å². The quantitative estimate of drug-likeness (QED) is 0.720. The lowest BCUT2D eigenvalue weighted by Crippen LogP contribution is -2.44. The third-order valence-corrected chi connectivity index (χ3v) is 2.95. The van der Waals surface area contributed by atoms with Crippen LogP contribution in [0.25, 0.3) is 0 Å². The third kappa shape index (κ3) is 2.30. The zero-order valence-corrected chi connectivity index (χ0v) is 9.82. The minimum absolute atomic E-state index is 0.0981. The summed E-state index contributed by atoms with van der Waals surface area (Å²) in [6, 6.07) is -0.0981. The molecular weight excluding hydrogens is 194 g/mol. The number of hydrogen-bond donors (Lipinski definition) is 0. The van der Waals surface area contributed by atoms with Gasteiger partial charge in [-0.3, -0.25) is 4.79 Å². The molecule has 4 heteroatoms. The molecule has 0 aliphatic carbocycles. The molecule has 1 heterocycles. The number of hydrogen-bond acceptors (Lipinski definition) is 3. The maximum atomic E-state index is 11.9. The van der Waals surface area contributed by atoms with E-state index in [9.17, 15) is 9.59 Å². The summed E-state index contributed by atoms with van der Waals surface area (Å²) in [4.78, 5) is 24.7. The molecule has 86 valence electrons. The Balaban J connectivity index is 2.80. The first-order chi connectivity index (χ1) is 6.99. The highest BCUT2D eigenvalue weighted by Gasteiger charge is 2.40. The minimum Gasteiger partial charge on any atom is -0.447 e. The molecule has 0 saturated carbocycles. The molecule has 0 bridgehead atoms. The highest BCUT2D eigenvalue weighted by Crippen LogP contribution is 2.22. The normalized spacial score (nSPS) is 23.1. The van der Waals surface area contributed by atoms with Crippen molar-refractivity contribution in [2.45, 2.75) is 40.2 Å². The van der Waals surface area contributed by atoms with Crippen molar-refractivity contribution in [3.63, 3.8) is 0 Å². The minimum atomic E-state index is -0.487. The molecule has 0 aromatic heterocycles. The Morgan fingerprint density at radius 3 is 2.60 bits per heavy atom. The molecule has 2 atom stereocenters. The number of carbonyl (C=O) groups is 2. The number of rotatable bonds is 3. The summed E-state index contributed by atoms with van der Waals surface area (Å²) in [5, 5.41) is 0. The summed E-state index contributed by atoms with van der Waals surface area (Å²) in [7, 11) is 0. The first-order valence-electron chi connectivity index (χ1n) is 5.48. The molecular formula is C11H19NO3. The average molecular weight is 213 g/mol. The molecule has 0 aromatic rings. The standard InChI is InChI=1S/C11H19NO3/c1-5-8(4)10(13)12-9(7(2)3)6-15-11(12)14/h7-9H,5-6H2,1-4H3. The Kier molecular flexibility index (Phi) is 3.72. The summed E-state index contributed by atoms with van der Waals surface area (Å²) in [6.45, 7) is 8.09. The topological polar surface area (TPSA) is 46.6 Å². The van der Waals surface area contributed by atoms with Crippen LogP contribution in [0.15, 0.2) is 0 Å². The van der Waals surface area contributed by atoms with Crippen LogP contribution in [0.4, 0.5) is 4.79 Å². The van der Waals surface area contributed by atoms with E-state index in [4.69, 9.17) is 4.74 Å². The predicted molar refractivity (Wildman–Crippen MR) is 56.3 cm³/mol. The molecule has 0 spiro atoms. The Morgan fingerprint density at radius 2 is 2.13 bits per heavy atom. The fourth-order valence-electron chi connectivity index (χ4n) is 1.59. The van der Waals surface area contributed by atoms with Crippen LogP contribution in [0.2, 0.25) is 0 Å². The molecule has 1 saturated heterocycles. The first-order valence-corrected chi connectivity index (χ1v) is 5.48. The van der Waals surface area contributed by atoms with E-state index in [1.165, 1.54) is 4.90 Å². The van der Waals surface area contributed by atoms with Crippen LogP contribution in [0.5, 0.6) is 0 Å². The van der Waals surface area contributed by atoms with Gasteiger partial charge < -0.3 is 4.74 Å². The van der Waals surface area contributed by atoms with Crippen molar-refractivity contribution in [2.75, 3.05) is 6.61 Å². The highest BCUT2D eigenvalue weighted by atomic mass is 16.6. The second-order valence-corrected chi connectivity index (χ2v) is 4.41. The van der Waals surface area contributed by atoms with Crippen LogP contribution >= 0.6 is 0 Å². The summed E-state index contributed by atoms with van der Waals surface area (Å²) in [5.41, 5.74) is 0. The van der Waals surface area contributed by atoms with Gasteiger partial charge in [-0.15, -0.1) is 0 Å². The molecule has 15 heavy (non-hydrogen) atoms. The fraction of sp³-hybridized carbons (Fsp3) is 0.818. The van der Waals surface area contributed by atoms with E-state index in [-0.39, 0.29) is 23.8 Å². The van der Waals surface area contributed by atoms with Crippen molar-refractivity contribution in [3.8, 4) is 0 Å². The van der Waals surface area contributed by atoms with Crippen LogP contribution in [0, 0.1) is 11.8 Å². The van der Waals surface area contributed by atoms with Crippen LogP contribution in [0.1, 0.15) is 34.1 Å². The zero-order valence-electron chi connectivity index (χ0n) is 9.82. The molecule has 4 nitrogen and oxygen atoms in total. The van der Waals surface area contributed by atoms with Crippen molar-refractivity contribution < 1.29 is 14.3 Å².